The Bertz CT molecular complexity index is 1190. The molecule has 3 aromatic heterocycles. The van der Waals surface area contributed by atoms with Gasteiger partial charge < -0.3 is 5.32 Å². The van der Waals surface area contributed by atoms with Gasteiger partial charge in [0.05, 0.1) is 12.2 Å². The molecule has 1 saturated heterocycles. The molecule has 1 unspecified atom stereocenters. The molecule has 1 aliphatic heterocycles. The van der Waals surface area contributed by atoms with Crippen LogP contribution in [0.4, 0.5) is 5.82 Å². The maximum atomic E-state index is 12.3. The molecule has 0 radical (unpaired) electrons. The van der Waals surface area contributed by atoms with Gasteiger partial charge in [-0.05, 0) is 37.6 Å². The molecule has 0 bridgehead atoms. The summed E-state index contributed by atoms with van der Waals surface area (Å²) in [6.07, 6.45) is 5.12. The van der Waals surface area contributed by atoms with E-state index in [4.69, 9.17) is 0 Å². The normalized spacial score (nSPS) is 17.5. The summed E-state index contributed by atoms with van der Waals surface area (Å²) in [5.41, 5.74) is 1.29. The third-order valence-corrected chi connectivity index (χ3v) is 6.07. The van der Waals surface area contributed by atoms with Crippen molar-refractivity contribution in [1.29, 1.82) is 0 Å². The zero-order chi connectivity index (χ0) is 22.7. The van der Waals surface area contributed by atoms with E-state index in [0.717, 1.165) is 31.6 Å². The summed E-state index contributed by atoms with van der Waals surface area (Å²) < 4.78 is 3.13. The Labute approximate surface area is 187 Å². The Kier molecular flexibility index (Phi) is 6.41. The van der Waals surface area contributed by atoms with Crippen LogP contribution in [0.25, 0.3) is 5.65 Å². The smallest absolute Gasteiger partial charge is 0.266 e. The highest BCUT2D eigenvalue weighted by atomic mass is 16.1. The molecule has 8 heteroatoms. The van der Waals surface area contributed by atoms with Crippen LogP contribution in [-0.2, 0) is 12.0 Å². The van der Waals surface area contributed by atoms with Gasteiger partial charge >= 0.3 is 0 Å². The summed E-state index contributed by atoms with van der Waals surface area (Å²) in [7, 11) is 0. The Hall–Kier alpha value is -3.00. The molecule has 0 aromatic carbocycles. The van der Waals surface area contributed by atoms with E-state index in [0.29, 0.717) is 30.6 Å². The molecule has 4 heterocycles. The van der Waals surface area contributed by atoms with Gasteiger partial charge in [0.25, 0.3) is 11.1 Å². The van der Waals surface area contributed by atoms with E-state index in [2.05, 4.69) is 41.1 Å². The number of nitrogens with zero attached hydrogens (tertiary/aromatic N) is 5. The average Bonchev–Trinajstić information content (AvgIpc) is 2.77. The fraction of sp³-hybridized carbons (Fsp3) is 0.500. The predicted molar refractivity (Wildman–Crippen MR) is 126 cm³/mol. The predicted octanol–water partition coefficient (Wildman–Crippen LogP) is 2.52. The third-order valence-electron chi connectivity index (χ3n) is 6.07. The number of aromatic nitrogens is 4. The molecule has 32 heavy (non-hydrogen) atoms. The fourth-order valence-corrected chi connectivity index (χ4v) is 4.18. The zero-order valence-corrected chi connectivity index (χ0v) is 19.1. The van der Waals surface area contributed by atoms with Crippen LogP contribution in [0.5, 0.6) is 0 Å². The highest BCUT2D eigenvalue weighted by Gasteiger charge is 2.23. The van der Waals surface area contributed by atoms with E-state index in [1.165, 1.54) is 10.8 Å². The molecule has 3 aromatic rings. The first-order valence-corrected chi connectivity index (χ1v) is 11.4. The molecule has 1 aliphatic rings. The fourth-order valence-electron chi connectivity index (χ4n) is 4.18. The van der Waals surface area contributed by atoms with Crippen LogP contribution in [0.1, 0.15) is 45.7 Å². The standard InChI is InChI=1S/C24H32N6O2/c1-24(2,3)19-10-11-22(31)30(27-19)15-14-28-12-6-4-8-18(28)17-25-20-16-23(32)29-13-7-5-9-21(29)26-20/h5,7,9-11,13,16,18,25H,4,6,8,12,14-15,17H2,1-3H3. The minimum absolute atomic E-state index is 0.0643. The summed E-state index contributed by atoms with van der Waals surface area (Å²) in [5, 5.41) is 7.97. The van der Waals surface area contributed by atoms with Gasteiger partial charge in [-0.2, -0.15) is 5.10 Å². The highest BCUT2D eigenvalue weighted by molar-refractivity contribution is 5.46. The largest absolute Gasteiger partial charge is 0.368 e. The number of hydrogen-bond acceptors (Lipinski definition) is 6. The molecular weight excluding hydrogens is 404 g/mol. The van der Waals surface area contributed by atoms with Crippen molar-refractivity contribution in [2.45, 2.75) is 58.0 Å². The van der Waals surface area contributed by atoms with Crippen molar-refractivity contribution in [2.75, 3.05) is 25.0 Å². The maximum absolute atomic E-state index is 12.3. The van der Waals surface area contributed by atoms with Crippen LogP contribution < -0.4 is 16.4 Å². The van der Waals surface area contributed by atoms with Crippen LogP contribution in [0.3, 0.4) is 0 Å². The first kappa shape index (κ1) is 22.2. The van der Waals surface area contributed by atoms with E-state index < -0.39 is 0 Å². The van der Waals surface area contributed by atoms with Crippen LogP contribution in [-0.4, -0.2) is 49.7 Å². The van der Waals surface area contributed by atoms with Crippen molar-refractivity contribution in [3.05, 3.63) is 69.0 Å². The van der Waals surface area contributed by atoms with Gasteiger partial charge in [0, 0.05) is 42.9 Å². The second-order valence-corrected chi connectivity index (χ2v) is 9.50. The molecule has 4 rings (SSSR count). The Morgan fingerprint density at radius 1 is 1.06 bits per heavy atom. The highest BCUT2D eigenvalue weighted by Crippen LogP contribution is 2.19. The molecule has 170 valence electrons. The number of pyridine rings is 1. The van der Waals surface area contributed by atoms with Crippen LogP contribution in [0, 0.1) is 0 Å². The van der Waals surface area contributed by atoms with Crippen molar-refractivity contribution < 1.29 is 0 Å². The first-order valence-electron chi connectivity index (χ1n) is 11.4. The summed E-state index contributed by atoms with van der Waals surface area (Å²) in [4.78, 5) is 31.6. The summed E-state index contributed by atoms with van der Waals surface area (Å²) >= 11 is 0. The van der Waals surface area contributed by atoms with Gasteiger partial charge in [0.15, 0.2) is 0 Å². The third kappa shape index (κ3) is 5.07. The Balaban J connectivity index is 1.43. The number of anilines is 1. The molecule has 1 fully saturated rings. The van der Waals surface area contributed by atoms with Crippen LogP contribution in [0.15, 0.2) is 52.2 Å². The van der Waals surface area contributed by atoms with E-state index in [-0.39, 0.29) is 16.5 Å². The molecule has 1 atom stereocenters. The lowest BCUT2D eigenvalue weighted by Gasteiger charge is -2.36. The second kappa shape index (κ2) is 9.24. The quantitative estimate of drug-likeness (QED) is 0.639. The summed E-state index contributed by atoms with van der Waals surface area (Å²) in [5.74, 6) is 0.600. The van der Waals surface area contributed by atoms with Gasteiger partial charge in [0.1, 0.15) is 11.5 Å². The van der Waals surface area contributed by atoms with E-state index >= 15 is 0 Å². The van der Waals surface area contributed by atoms with Crippen molar-refractivity contribution in [1.82, 2.24) is 24.1 Å². The van der Waals surface area contributed by atoms with Crippen LogP contribution >= 0.6 is 0 Å². The minimum Gasteiger partial charge on any atom is -0.368 e. The number of piperidine rings is 1. The Morgan fingerprint density at radius 2 is 1.91 bits per heavy atom. The molecule has 0 aliphatic carbocycles. The number of rotatable bonds is 6. The van der Waals surface area contributed by atoms with Gasteiger partial charge in [-0.15, -0.1) is 0 Å². The van der Waals surface area contributed by atoms with Gasteiger partial charge in [0.2, 0.25) is 0 Å². The van der Waals surface area contributed by atoms with Crippen molar-refractivity contribution in [3.8, 4) is 0 Å². The maximum Gasteiger partial charge on any atom is 0.266 e. The van der Waals surface area contributed by atoms with E-state index in [9.17, 15) is 9.59 Å². The first-order chi connectivity index (χ1) is 15.3. The molecule has 0 spiro atoms. The van der Waals surface area contributed by atoms with E-state index in [1.807, 2.05) is 24.3 Å². The monoisotopic (exact) mass is 436 g/mol. The lowest BCUT2D eigenvalue weighted by atomic mass is 9.92. The molecule has 8 nitrogen and oxygen atoms in total. The molecule has 0 saturated carbocycles. The van der Waals surface area contributed by atoms with Gasteiger partial charge in [-0.25, -0.2) is 9.67 Å². The average molecular weight is 437 g/mol. The lowest BCUT2D eigenvalue weighted by Crippen LogP contribution is -2.46. The molecular formula is C24H32N6O2. The SMILES string of the molecule is CC(C)(C)c1ccc(=O)n(CCN2CCCCC2CNc2cc(=O)n3ccccc3n2)n1. The number of fused-ring (bicyclic) bond motifs is 1. The van der Waals surface area contributed by atoms with Crippen molar-refractivity contribution in [3.63, 3.8) is 0 Å². The number of likely N-dealkylation sites (tertiary alicyclic amines) is 1. The molecule has 0 amide bonds. The van der Waals surface area contributed by atoms with E-state index in [1.54, 1.807) is 23.0 Å². The van der Waals surface area contributed by atoms with Gasteiger partial charge in [-0.1, -0.05) is 33.3 Å². The van der Waals surface area contributed by atoms with Gasteiger partial charge in [-0.3, -0.25) is 18.9 Å². The summed E-state index contributed by atoms with van der Waals surface area (Å²) in [6.45, 7) is 9.33. The zero-order valence-electron chi connectivity index (χ0n) is 19.1. The van der Waals surface area contributed by atoms with Crippen molar-refractivity contribution in [2.24, 2.45) is 0 Å². The van der Waals surface area contributed by atoms with Crippen LogP contribution in [0.2, 0.25) is 0 Å². The molecule has 1 N–H and O–H groups in total. The topological polar surface area (TPSA) is 84.5 Å². The number of hydrogen-bond donors (Lipinski definition) is 1. The lowest BCUT2D eigenvalue weighted by molar-refractivity contribution is 0.147. The minimum atomic E-state index is -0.0986. The number of nitrogens with one attached hydrogen (secondary N) is 1. The van der Waals surface area contributed by atoms with Crippen molar-refractivity contribution >= 4 is 11.5 Å². The summed E-state index contributed by atoms with van der Waals surface area (Å²) in [6, 6.07) is 10.8. The Morgan fingerprint density at radius 3 is 2.72 bits per heavy atom. The second-order valence-electron chi connectivity index (χ2n) is 9.50.